The third-order valence-corrected chi connectivity index (χ3v) is 4.55. The van der Waals surface area contributed by atoms with Gasteiger partial charge in [-0.2, -0.15) is 0 Å². The van der Waals surface area contributed by atoms with Crippen LogP contribution in [0.5, 0.6) is 0 Å². The van der Waals surface area contributed by atoms with Crippen LogP contribution in [-0.4, -0.2) is 26.3 Å². The summed E-state index contributed by atoms with van der Waals surface area (Å²) >= 11 is 2.65. The number of rotatable bonds is 3. The van der Waals surface area contributed by atoms with Crippen LogP contribution in [0.1, 0.15) is 28.0 Å². The average Bonchev–Trinajstić information content (AvgIpc) is 2.97. The standard InChI is InChI=1S/C11H9N3O2S2/c15-10(16)7-4-6-2-1-3-8(6)13-9(7)18-11-14-12-5-17-11/h4-5H,1-3H2,(H,15,16). The first-order valence-electron chi connectivity index (χ1n) is 5.44. The lowest BCUT2D eigenvalue weighted by Gasteiger charge is -2.06. The molecule has 92 valence electrons. The molecule has 0 amide bonds. The minimum absolute atomic E-state index is 0.260. The van der Waals surface area contributed by atoms with E-state index in [1.807, 2.05) is 0 Å². The largest absolute Gasteiger partial charge is 0.478 e. The number of carboxylic acid groups (broad SMARTS) is 1. The summed E-state index contributed by atoms with van der Waals surface area (Å²) < 4.78 is 0.711. The summed E-state index contributed by atoms with van der Waals surface area (Å²) in [4.78, 5) is 15.7. The fourth-order valence-corrected chi connectivity index (χ4v) is 3.48. The number of aromatic nitrogens is 3. The molecule has 0 fully saturated rings. The van der Waals surface area contributed by atoms with Gasteiger partial charge in [-0.25, -0.2) is 9.78 Å². The van der Waals surface area contributed by atoms with Gasteiger partial charge in [0, 0.05) is 5.69 Å². The lowest BCUT2D eigenvalue weighted by atomic mass is 10.1. The molecular formula is C11H9N3O2S2. The summed E-state index contributed by atoms with van der Waals surface area (Å²) in [5, 5.41) is 17.4. The highest BCUT2D eigenvalue weighted by Gasteiger charge is 2.21. The van der Waals surface area contributed by atoms with Crippen LogP contribution in [0, 0.1) is 0 Å². The van der Waals surface area contributed by atoms with E-state index in [9.17, 15) is 9.90 Å². The van der Waals surface area contributed by atoms with Crippen molar-refractivity contribution in [1.29, 1.82) is 0 Å². The Hall–Kier alpha value is -1.47. The Bertz CT molecular complexity index is 599. The number of carboxylic acids is 1. The molecule has 18 heavy (non-hydrogen) atoms. The second kappa shape index (κ2) is 4.66. The highest BCUT2D eigenvalue weighted by Crippen LogP contribution is 2.33. The molecule has 0 aliphatic heterocycles. The number of hydrogen-bond acceptors (Lipinski definition) is 6. The van der Waals surface area contributed by atoms with E-state index in [2.05, 4.69) is 15.2 Å². The number of fused-ring (bicyclic) bond motifs is 1. The van der Waals surface area contributed by atoms with E-state index in [4.69, 9.17) is 0 Å². The van der Waals surface area contributed by atoms with E-state index in [0.717, 1.165) is 30.5 Å². The highest BCUT2D eigenvalue weighted by atomic mass is 32.2. The van der Waals surface area contributed by atoms with Crippen molar-refractivity contribution in [2.24, 2.45) is 0 Å². The second-order valence-electron chi connectivity index (χ2n) is 3.91. The van der Waals surface area contributed by atoms with Gasteiger partial charge < -0.3 is 5.11 Å². The van der Waals surface area contributed by atoms with Crippen LogP contribution >= 0.6 is 23.1 Å². The van der Waals surface area contributed by atoms with Gasteiger partial charge in [-0.15, -0.1) is 10.2 Å². The van der Waals surface area contributed by atoms with Crippen LogP contribution in [0.3, 0.4) is 0 Å². The zero-order valence-corrected chi connectivity index (χ0v) is 10.9. The molecule has 1 aliphatic rings. The van der Waals surface area contributed by atoms with Crippen molar-refractivity contribution in [3.63, 3.8) is 0 Å². The molecule has 2 aromatic heterocycles. The Labute approximate surface area is 111 Å². The fourth-order valence-electron chi connectivity index (χ4n) is 1.97. The number of hydrogen-bond donors (Lipinski definition) is 1. The van der Waals surface area contributed by atoms with Crippen LogP contribution in [0.2, 0.25) is 0 Å². The lowest BCUT2D eigenvalue weighted by Crippen LogP contribution is -2.04. The first kappa shape index (κ1) is 11.6. The van der Waals surface area contributed by atoms with E-state index >= 15 is 0 Å². The quantitative estimate of drug-likeness (QED) is 0.928. The van der Waals surface area contributed by atoms with Crippen LogP contribution in [0.15, 0.2) is 20.9 Å². The van der Waals surface area contributed by atoms with E-state index in [1.165, 1.54) is 23.1 Å². The molecular weight excluding hydrogens is 270 g/mol. The summed E-state index contributed by atoms with van der Waals surface area (Å²) in [6, 6.07) is 1.75. The molecule has 0 aromatic carbocycles. The maximum absolute atomic E-state index is 11.3. The van der Waals surface area contributed by atoms with Crippen molar-refractivity contribution in [2.45, 2.75) is 28.6 Å². The second-order valence-corrected chi connectivity index (χ2v) is 5.98. The van der Waals surface area contributed by atoms with Crippen LogP contribution < -0.4 is 0 Å². The molecule has 0 radical (unpaired) electrons. The lowest BCUT2D eigenvalue weighted by molar-refractivity contribution is 0.0692. The molecule has 0 saturated heterocycles. The number of aryl methyl sites for hydroxylation is 2. The molecule has 0 saturated carbocycles. The summed E-state index contributed by atoms with van der Waals surface area (Å²) in [6.45, 7) is 0. The van der Waals surface area contributed by atoms with Crippen molar-refractivity contribution in [3.05, 3.63) is 28.4 Å². The Kier molecular flexibility index (Phi) is 3.00. The number of pyridine rings is 1. The van der Waals surface area contributed by atoms with E-state index < -0.39 is 5.97 Å². The van der Waals surface area contributed by atoms with Crippen LogP contribution in [-0.2, 0) is 12.8 Å². The molecule has 5 nitrogen and oxygen atoms in total. The molecule has 0 bridgehead atoms. The van der Waals surface area contributed by atoms with Gasteiger partial charge in [-0.3, -0.25) is 0 Å². The van der Waals surface area contributed by atoms with Crippen molar-refractivity contribution in [3.8, 4) is 0 Å². The molecule has 1 aliphatic carbocycles. The molecule has 0 atom stereocenters. The predicted octanol–water partition coefficient (Wildman–Crippen LogP) is 2.27. The topological polar surface area (TPSA) is 76.0 Å². The van der Waals surface area contributed by atoms with Crippen LogP contribution in [0.25, 0.3) is 0 Å². The normalized spacial score (nSPS) is 13.6. The van der Waals surface area contributed by atoms with Crippen molar-refractivity contribution < 1.29 is 9.90 Å². The first-order chi connectivity index (χ1) is 8.74. The minimum Gasteiger partial charge on any atom is -0.478 e. The number of carbonyl (C=O) groups is 1. The fraction of sp³-hybridized carbons (Fsp3) is 0.273. The molecule has 1 N–H and O–H groups in total. The summed E-state index contributed by atoms with van der Waals surface area (Å²) in [5.74, 6) is -0.941. The molecule has 0 unspecified atom stereocenters. The van der Waals surface area contributed by atoms with Crippen LogP contribution in [0.4, 0.5) is 0 Å². The van der Waals surface area contributed by atoms with Gasteiger partial charge in [0.2, 0.25) is 0 Å². The molecule has 2 heterocycles. The van der Waals surface area contributed by atoms with E-state index in [0.29, 0.717) is 9.37 Å². The van der Waals surface area contributed by atoms with Crippen molar-refractivity contribution in [1.82, 2.24) is 15.2 Å². The summed E-state index contributed by atoms with van der Waals surface area (Å²) in [5.41, 5.74) is 3.97. The molecule has 2 aromatic rings. The highest BCUT2D eigenvalue weighted by molar-refractivity contribution is 8.01. The summed E-state index contributed by atoms with van der Waals surface area (Å²) in [6.07, 6.45) is 2.90. The van der Waals surface area contributed by atoms with E-state index in [1.54, 1.807) is 11.6 Å². The maximum Gasteiger partial charge on any atom is 0.338 e. The number of aromatic carboxylic acids is 1. The minimum atomic E-state index is -0.941. The summed E-state index contributed by atoms with van der Waals surface area (Å²) in [7, 11) is 0. The van der Waals surface area contributed by atoms with Gasteiger partial charge >= 0.3 is 5.97 Å². The zero-order chi connectivity index (χ0) is 12.5. The Morgan fingerprint density at radius 3 is 3.06 bits per heavy atom. The van der Waals surface area contributed by atoms with Gasteiger partial charge in [-0.1, -0.05) is 11.3 Å². The Morgan fingerprint density at radius 2 is 2.33 bits per heavy atom. The van der Waals surface area contributed by atoms with Gasteiger partial charge in [-0.05, 0) is 42.7 Å². The smallest absolute Gasteiger partial charge is 0.338 e. The van der Waals surface area contributed by atoms with Gasteiger partial charge in [0.05, 0.1) is 5.56 Å². The monoisotopic (exact) mass is 279 g/mol. The average molecular weight is 279 g/mol. The Balaban J connectivity index is 2.03. The van der Waals surface area contributed by atoms with Crippen molar-refractivity contribution in [2.75, 3.05) is 0 Å². The predicted molar refractivity (Wildman–Crippen MR) is 67.3 cm³/mol. The third-order valence-electron chi connectivity index (χ3n) is 2.77. The molecule has 3 rings (SSSR count). The third kappa shape index (κ3) is 2.11. The molecule has 7 heteroatoms. The maximum atomic E-state index is 11.3. The van der Waals surface area contributed by atoms with Gasteiger partial charge in [0.25, 0.3) is 0 Å². The zero-order valence-electron chi connectivity index (χ0n) is 9.29. The number of nitrogens with zero attached hydrogens (tertiary/aromatic N) is 3. The van der Waals surface area contributed by atoms with Gasteiger partial charge in [0.15, 0.2) is 4.34 Å². The van der Waals surface area contributed by atoms with Gasteiger partial charge in [0.1, 0.15) is 10.5 Å². The molecule has 0 spiro atoms. The SMILES string of the molecule is O=C(O)c1cc2c(nc1Sc1nncs1)CCC2. The Morgan fingerprint density at radius 1 is 1.44 bits per heavy atom. The van der Waals surface area contributed by atoms with E-state index in [-0.39, 0.29) is 5.56 Å². The first-order valence-corrected chi connectivity index (χ1v) is 7.14. The van der Waals surface area contributed by atoms with Crippen molar-refractivity contribution >= 4 is 29.1 Å².